The standard InChI is InChI=1S/C19H30N2O4S/c1-4-24-17-8-7-9-18(12-17)26(22,23)21-15-19(10-5-6-11-19)25-14-16(21)13-20(2)3/h7-9,12,16H,4-6,10-11,13-15H2,1-3H3. The van der Waals surface area contributed by atoms with Crippen LogP contribution in [0, 0.1) is 0 Å². The van der Waals surface area contributed by atoms with Crippen LogP contribution >= 0.6 is 0 Å². The first-order valence-electron chi connectivity index (χ1n) is 9.40. The summed E-state index contributed by atoms with van der Waals surface area (Å²) in [6, 6.07) is 6.63. The summed E-state index contributed by atoms with van der Waals surface area (Å²) in [7, 11) is 0.303. The number of sulfonamides is 1. The normalized spacial score (nSPS) is 23.6. The molecule has 1 unspecified atom stereocenters. The molecule has 0 amide bonds. The largest absolute Gasteiger partial charge is 0.494 e. The SMILES string of the molecule is CCOc1cccc(S(=O)(=O)N2CC3(CCCC3)OCC2CN(C)C)c1. The second-order valence-electron chi connectivity index (χ2n) is 7.58. The smallest absolute Gasteiger partial charge is 0.243 e. The van der Waals surface area contributed by atoms with Crippen molar-refractivity contribution in [2.45, 2.75) is 49.1 Å². The van der Waals surface area contributed by atoms with E-state index < -0.39 is 10.0 Å². The molecule has 0 aromatic heterocycles. The van der Waals surface area contributed by atoms with Crippen LogP contribution < -0.4 is 4.74 Å². The second kappa shape index (κ2) is 7.84. The number of ether oxygens (including phenoxy) is 2. The summed E-state index contributed by atoms with van der Waals surface area (Å²) in [6.07, 6.45) is 4.08. The highest BCUT2D eigenvalue weighted by Gasteiger charge is 2.47. The Labute approximate surface area is 157 Å². The Morgan fingerprint density at radius 3 is 2.69 bits per heavy atom. The fourth-order valence-electron chi connectivity index (χ4n) is 4.01. The third-order valence-corrected chi connectivity index (χ3v) is 7.14. The predicted molar refractivity (Wildman–Crippen MR) is 101 cm³/mol. The summed E-state index contributed by atoms with van der Waals surface area (Å²) in [5.41, 5.74) is -0.312. The molecule has 1 aromatic rings. The number of nitrogens with zero attached hydrogens (tertiary/aromatic N) is 2. The first-order chi connectivity index (χ1) is 12.4. The third kappa shape index (κ3) is 4.06. The van der Waals surface area contributed by atoms with Gasteiger partial charge in [-0.2, -0.15) is 4.31 Å². The molecule has 1 heterocycles. The Bertz CT molecular complexity index is 714. The van der Waals surface area contributed by atoms with Gasteiger partial charge < -0.3 is 14.4 Å². The van der Waals surface area contributed by atoms with Crippen LogP contribution in [0.3, 0.4) is 0 Å². The molecule has 146 valence electrons. The highest BCUT2D eigenvalue weighted by molar-refractivity contribution is 7.89. The van der Waals surface area contributed by atoms with Crippen molar-refractivity contribution in [2.24, 2.45) is 0 Å². The van der Waals surface area contributed by atoms with Crippen molar-refractivity contribution in [3.63, 3.8) is 0 Å². The zero-order chi connectivity index (χ0) is 18.8. The van der Waals surface area contributed by atoms with Gasteiger partial charge in [-0.15, -0.1) is 0 Å². The number of likely N-dealkylation sites (N-methyl/N-ethyl adjacent to an activating group) is 1. The van der Waals surface area contributed by atoms with Crippen LogP contribution in [0.5, 0.6) is 5.75 Å². The fraction of sp³-hybridized carbons (Fsp3) is 0.684. The zero-order valence-corrected chi connectivity index (χ0v) is 16.8. The van der Waals surface area contributed by atoms with Gasteiger partial charge in [0.05, 0.1) is 29.8 Å². The van der Waals surface area contributed by atoms with Crippen molar-refractivity contribution in [1.29, 1.82) is 0 Å². The molecule has 2 fully saturated rings. The summed E-state index contributed by atoms with van der Waals surface area (Å²) in [4.78, 5) is 2.31. The van der Waals surface area contributed by atoms with E-state index >= 15 is 0 Å². The van der Waals surface area contributed by atoms with Crippen molar-refractivity contribution in [3.05, 3.63) is 24.3 Å². The van der Waals surface area contributed by atoms with Gasteiger partial charge in [-0.3, -0.25) is 0 Å². The van der Waals surface area contributed by atoms with Crippen LogP contribution in [0.1, 0.15) is 32.6 Å². The van der Waals surface area contributed by atoms with Gasteiger partial charge in [0.25, 0.3) is 0 Å². The molecule has 1 aliphatic carbocycles. The molecule has 0 bridgehead atoms. The molecule has 1 atom stereocenters. The maximum absolute atomic E-state index is 13.5. The van der Waals surface area contributed by atoms with Crippen molar-refractivity contribution < 1.29 is 17.9 Å². The molecule has 0 N–H and O–H groups in total. The van der Waals surface area contributed by atoms with Crippen molar-refractivity contribution in [2.75, 3.05) is 40.4 Å². The first kappa shape index (κ1) is 19.6. The number of rotatable bonds is 6. The minimum absolute atomic E-state index is 0.183. The van der Waals surface area contributed by atoms with E-state index in [2.05, 4.69) is 0 Å². The molecule has 26 heavy (non-hydrogen) atoms. The molecule has 7 heteroatoms. The average Bonchev–Trinajstić information content (AvgIpc) is 3.05. The summed E-state index contributed by atoms with van der Waals surface area (Å²) >= 11 is 0. The number of benzene rings is 1. The van der Waals surface area contributed by atoms with Gasteiger partial charge in [0.2, 0.25) is 10.0 Å². The Kier molecular flexibility index (Phi) is 5.91. The maximum Gasteiger partial charge on any atom is 0.243 e. The van der Waals surface area contributed by atoms with Crippen LogP contribution in [0.2, 0.25) is 0 Å². The highest BCUT2D eigenvalue weighted by atomic mass is 32.2. The summed E-state index contributed by atoms with van der Waals surface area (Å²) in [6.45, 7) is 3.92. The Morgan fingerprint density at radius 2 is 2.04 bits per heavy atom. The number of morpholine rings is 1. The lowest BCUT2D eigenvalue weighted by molar-refractivity contribution is -0.109. The molecule has 1 aliphatic heterocycles. The molecule has 0 radical (unpaired) electrons. The molecule has 3 rings (SSSR count). The third-order valence-electron chi connectivity index (χ3n) is 5.25. The monoisotopic (exact) mass is 382 g/mol. The zero-order valence-electron chi connectivity index (χ0n) is 16.0. The Balaban J connectivity index is 1.93. The van der Waals surface area contributed by atoms with Crippen molar-refractivity contribution >= 4 is 10.0 Å². The molecular weight excluding hydrogens is 352 g/mol. The van der Waals surface area contributed by atoms with Crippen molar-refractivity contribution in [1.82, 2.24) is 9.21 Å². The van der Waals surface area contributed by atoms with Crippen LogP contribution in [0.15, 0.2) is 29.2 Å². The quantitative estimate of drug-likeness (QED) is 0.756. The first-order valence-corrected chi connectivity index (χ1v) is 10.8. The second-order valence-corrected chi connectivity index (χ2v) is 9.47. The van der Waals surface area contributed by atoms with Gasteiger partial charge in [-0.05, 0) is 46.0 Å². The van der Waals surface area contributed by atoms with Gasteiger partial charge in [0, 0.05) is 19.2 Å². The molecular formula is C19H30N2O4S. The lowest BCUT2D eigenvalue weighted by atomic mass is 9.99. The maximum atomic E-state index is 13.5. The van der Waals surface area contributed by atoms with E-state index in [1.54, 1.807) is 28.6 Å². The van der Waals surface area contributed by atoms with E-state index in [1.807, 2.05) is 25.9 Å². The van der Waals surface area contributed by atoms with Crippen LogP contribution in [0.25, 0.3) is 0 Å². The summed E-state index contributed by atoms with van der Waals surface area (Å²) in [5.74, 6) is 0.585. The van der Waals surface area contributed by atoms with E-state index in [4.69, 9.17) is 9.47 Å². The van der Waals surface area contributed by atoms with Gasteiger partial charge in [0.1, 0.15) is 5.75 Å². The fourth-order valence-corrected chi connectivity index (χ4v) is 5.72. The summed E-state index contributed by atoms with van der Waals surface area (Å²) < 4.78 is 40.3. The van der Waals surface area contributed by atoms with Gasteiger partial charge >= 0.3 is 0 Å². The molecule has 6 nitrogen and oxygen atoms in total. The summed E-state index contributed by atoms with van der Waals surface area (Å²) in [5, 5.41) is 0. The Morgan fingerprint density at radius 1 is 1.31 bits per heavy atom. The van der Waals surface area contributed by atoms with Gasteiger partial charge in [-0.1, -0.05) is 18.9 Å². The number of hydrogen-bond acceptors (Lipinski definition) is 5. The molecule has 1 aromatic carbocycles. The predicted octanol–water partition coefficient (Wildman–Crippen LogP) is 2.35. The van der Waals surface area contributed by atoms with E-state index in [0.717, 1.165) is 25.7 Å². The lowest BCUT2D eigenvalue weighted by Crippen LogP contribution is -2.59. The molecule has 2 aliphatic rings. The minimum atomic E-state index is -3.61. The molecule has 1 spiro atoms. The van der Waals surface area contributed by atoms with E-state index in [-0.39, 0.29) is 11.6 Å². The minimum Gasteiger partial charge on any atom is -0.494 e. The molecule has 1 saturated carbocycles. The molecule has 1 saturated heterocycles. The lowest BCUT2D eigenvalue weighted by Gasteiger charge is -2.45. The topological polar surface area (TPSA) is 59.1 Å². The van der Waals surface area contributed by atoms with Gasteiger partial charge in [0.15, 0.2) is 0 Å². The van der Waals surface area contributed by atoms with E-state index in [9.17, 15) is 8.42 Å². The van der Waals surface area contributed by atoms with E-state index in [1.165, 1.54) is 0 Å². The van der Waals surface area contributed by atoms with Crippen LogP contribution in [-0.2, 0) is 14.8 Å². The van der Waals surface area contributed by atoms with E-state index in [0.29, 0.717) is 36.9 Å². The van der Waals surface area contributed by atoms with Crippen LogP contribution in [-0.4, -0.2) is 69.7 Å². The van der Waals surface area contributed by atoms with Gasteiger partial charge in [-0.25, -0.2) is 8.42 Å². The van der Waals surface area contributed by atoms with Crippen molar-refractivity contribution in [3.8, 4) is 5.75 Å². The van der Waals surface area contributed by atoms with Crippen LogP contribution in [0.4, 0.5) is 0 Å². The average molecular weight is 383 g/mol. The number of hydrogen-bond donors (Lipinski definition) is 0. The Hall–Kier alpha value is -1.15. The highest BCUT2D eigenvalue weighted by Crippen LogP contribution is 2.39.